The van der Waals surface area contributed by atoms with Gasteiger partial charge in [-0.25, -0.2) is 0 Å². The number of hydrogen-bond donors (Lipinski definition) is 0. The van der Waals surface area contributed by atoms with Crippen LogP contribution in [0, 0.1) is 6.07 Å². The molecule has 0 N–H and O–H groups in total. The minimum Gasteiger partial charge on any atom is -0.368 e. The monoisotopic (exact) mass is 209 g/mol. The third-order valence-electron chi connectivity index (χ3n) is 2.60. The van der Waals surface area contributed by atoms with Crippen LogP contribution in [-0.4, -0.2) is 38.1 Å². The van der Waals surface area contributed by atoms with Crippen LogP contribution in [0.4, 0.5) is 5.69 Å². The maximum absolute atomic E-state index is 5.82. The molecule has 0 unspecified atom stereocenters. The van der Waals surface area contributed by atoms with Crippen LogP contribution in [0.2, 0.25) is 5.02 Å². The van der Waals surface area contributed by atoms with E-state index in [1.807, 2.05) is 18.2 Å². The number of piperazine rings is 1. The molecule has 75 valence electrons. The first-order valence-corrected chi connectivity index (χ1v) is 5.24. The van der Waals surface area contributed by atoms with Gasteiger partial charge in [-0.1, -0.05) is 11.6 Å². The van der Waals surface area contributed by atoms with Crippen LogP contribution >= 0.6 is 11.6 Å². The van der Waals surface area contributed by atoms with Gasteiger partial charge in [0.25, 0.3) is 0 Å². The number of rotatable bonds is 1. The largest absolute Gasteiger partial charge is 0.368 e. The number of hydrogen-bond acceptors (Lipinski definition) is 2. The molecule has 14 heavy (non-hydrogen) atoms. The van der Waals surface area contributed by atoms with Crippen LogP contribution in [0.25, 0.3) is 0 Å². The molecule has 0 aliphatic carbocycles. The molecule has 0 bridgehead atoms. The summed E-state index contributed by atoms with van der Waals surface area (Å²) in [6.07, 6.45) is 0. The lowest BCUT2D eigenvalue weighted by Crippen LogP contribution is -2.44. The summed E-state index contributed by atoms with van der Waals surface area (Å²) in [6, 6.07) is 8.98. The molecule has 1 fully saturated rings. The SMILES string of the molecule is CN1CCN(c2[c]cc(Cl)cc2)CC1. The van der Waals surface area contributed by atoms with Crippen molar-refractivity contribution in [1.82, 2.24) is 4.90 Å². The Morgan fingerprint density at radius 2 is 1.93 bits per heavy atom. The molecule has 3 heteroatoms. The highest BCUT2D eigenvalue weighted by Crippen LogP contribution is 2.18. The van der Waals surface area contributed by atoms with Gasteiger partial charge >= 0.3 is 0 Å². The molecule has 1 aliphatic rings. The summed E-state index contributed by atoms with van der Waals surface area (Å²) in [6.45, 7) is 4.40. The first-order valence-electron chi connectivity index (χ1n) is 4.86. The predicted molar refractivity (Wildman–Crippen MR) is 60.0 cm³/mol. The average Bonchev–Trinajstić information content (AvgIpc) is 2.21. The van der Waals surface area contributed by atoms with E-state index in [0.717, 1.165) is 36.9 Å². The van der Waals surface area contributed by atoms with Crippen LogP contribution < -0.4 is 4.90 Å². The van der Waals surface area contributed by atoms with Crippen molar-refractivity contribution in [3.63, 3.8) is 0 Å². The van der Waals surface area contributed by atoms with Crippen molar-refractivity contribution in [3.8, 4) is 0 Å². The van der Waals surface area contributed by atoms with Crippen molar-refractivity contribution in [2.75, 3.05) is 38.1 Å². The van der Waals surface area contributed by atoms with Gasteiger partial charge in [-0.15, -0.1) is 0 Å². The molecular weight excluding hydrogens is 196 g/mol. The third kappa shape index (κ3) is 2.20. The number of halogens is 1. The molecular formula is C11H14ClN2. The van der Waals surface area contributed by atoms with E-state index in [4.69, 9.17) is 11.6 Å². The number of benzene rings is 1. The molecule has 0 amide bonds. The molecule has 2 rings (SSSR count). The minimum absolute atomic E-state index is 0.753. The van der Waals surface area contributed by atoms with Crippen LogP contribution in [0.1, 0.15) is 0 Å². The Labute approximate surface area is 90.1 Å². The van der Waals surface area contributed by atoms with Crippen LogP contribution in [0.15, 0.2) is 18.2 Å². The zero-order chi connectivity index (χ0) is 9.97. The predicted octanol–water partition coefficient (Wildman–Crippen LogP) is 1.89. The summed E-state index contributed by atoms with van der Waals surface area (Å²) in [5.41, 5.74) is 1.16. The Hall–Kier alpha value is -0.730. The minimum atomic E-state index is 0.753. The lowest BCUT2D eigenvalue weighted by molar-refractivity contribution is 0.313. The second kappa shape index (κ2) is 4.20. The van der Waals surface area contributed by atoms with Gasteiger partial charge in [-0.2, -0.15) is 0 Å². The molecule has 1 heterocycles. The van der Waals surface area contributed by atoms with E-state index in [-0.39, 0.29) is 0 Å². The van der Waals surface area contributed by atoms with Crippen molar-refractivity contribution in [2.45, 2.75) is 0 Å². The van der Waals surface area contributed by atoms with Gasteiger partial charge in [-0.3, -0.25) is 0 Å². The van der Waals surface area contributed by atoms with E-state index in [1.165, 1.54) is 0 Å². The molecule has 1 saturated heterocycles. The molecule has 0 aromatic heterocycles. The molecule has 1 aromatic carbocycles. The molecule has 0 spiro atoms. The molecule has 0 saturated carbocycles. The molecule has 2 nitrogen and oxygen atoms in total. The molecule has 1 aliphatic heterocycles. The number of likely N-dealkylation sites (N-methyl/N-ethyl adjacent to an activating group) is 1. The number of nitrogens with zero attached hydrogens (tertiary/aromatic N) is 2. The van der Waals surface area contributed by atoms with Gasteiger partial charge < -0.3 is 9.80 Å². The standard InChI is InChI=1S/C11H14ClN2/c1-13-6-8-14(9-7-13)11-4-2-10(12)3-5-11/h2-4H,6-9H2,1H3. The van der Waals surface area contributed by atoms with E-state index in [2.05, 4.69) is 22.9 Å². The van der Waals surface area contributed by atoms with Gasteiger partial charge in [0, 0.05) is 43.0 Å². The van der Waals surface area contributed by atoms with E-state index in [1.54, 1.807) is 0 Å². The fraction of sp³-hybridized carbons (Fsp3) is 0.455. The quantitative estimate of drug-likeness (QED) is 0.697. The summed E-state index contributed by atoms with van der Waals surface area (Å²) in [7, 11) is 2.16. The Kier molecular flexibility index (Phi) is 2.94. The van der Waals surface area contributed by atoms with Gasteiger partial charge in [0.1, 0.15) is 0 Å². The highest BCUT2D eigenvalue weighted by molar-refractivity contribution is 6.30. The van der Waals surface area contributed by atoms with Crippen molar-refractivity contribution in [1.29, 1.82) is 0 Å². The van der Waals surface area contributed by atoms with E-state index in [0.29, 0.717) is 0 Å². The topological polar surface area (TPSA) is 6.48 Å². The van der Waals surface area contributed by atoms with E-state index >= 15 is 0 Å². The highest BCUT2D eigenvalue weighted by Gasteiger charge is 2.13. The summed E-state index contributed by atoms with van der Waals surface area (Å²) in [5, 5.41) is 0.753. The molecule has 0 atom stereocenters. The maximum Gasteiger partial charge on any atom is 0.0448 e. The highest BCUT2D eigenvalue weighted by atomic mass is 35.5. The van der Waals surface area contributed by atoms with Gasteiger partial charge in [0.05, 0.1) is 0 Å². The third-order valence-corrected chi connectivity index (χ3v) is 2.84. The Bertz CT molecular complexity index is 289. The van der Waals surface area contributed by atoms with Crippen LogP contribution in [0.3, 0.4) is 0 Å². The maximum atomic E-state index is 5.82. The van der Waals surface area contributed by atoms with Crippen LogP contribution in [0.5, 0.6) is 0 Å². The van der Waals surface area contributed by atoms with Crippen molar-refractivity contribution >= 4 is 17.3 Å². The first kappa shape index (κ1) is 9.81. The van der Waals surface area contributed by atoms with E-state index in [9.17, 15) is 0 Å². The van der Waals surface area contributed by atoms with E-state index < -0.39 is 0 Å². The van der Waals surface area contributed by atoms with Gasteiger partial charge in [-0.05, 0) is 25.2 Å². The fourth-order valence-electron chi connectivity index (χ4n) is 1.64. The van der Waals surface area contributed by atoms with Crippen molar-refractivity contribution in [2.24, 2.45) is 0 Å². The second-order valence-corrected chi connectivity index (χ2v) is 4.12. The van der Waals surface area contributed by atoms with Gasteiger partial charge in [0.2, 0.25) is 0 Å². The summed E-state index contributed by atoms with van der Waals surface area (Å²) in [4.78, 5) is 4.68. The lowest BCUT2D eigenvalue weighted by Gasteiger charge is -2.33. The molecule has 1 radical (unpaired) electrons. The Morgan fingerprint density at radius 3 is 2.50 bits per heavy atom. The summed E-state index contributed by atoms with van der Waals surface area (Å²) in [5.74, 6) is 0. The zero-order valence-corrected chi connectivity index (χ0v) is 9.09. The second-order valence-electron chi connectivity index (χ2n) is 3.68. The van der Waals surface area contributed by atoms with Gasteiger partial charge in [0.15, 0.2) is 0 Å². The summed E-state index contributed by atoms with van der Waals surface area (Å²) >= 11 is 5.82. The average molecular weight is 210 g/mol. The summed E-state index contributed by atoms with van der Waals surface area (Å²) < 4.78 is 0. The number of anilines is 1. The smallest absolute Gasteiger partial charge is 0.0448 e. The first-order chi connectivity index (χ1) is 6.75. The molecule has 1 aromatic rings. The lowest BCUT2D eigenvalue weighted by atomic mass is 10.2. The van der Waals surface area contributed by atoms with Crippen LogP contribution in [-0.2, 0) is 0 Å². The normalized spacial score (nSPS) is 18.6. The van der Waals surface area contributed by atoms with Crippen molar-refractivity contribution < 1.29 is 0 Å². The fourth-order valence-corrected chi connectivity index (χ4v) is 1.76. The zero-order valence-electron chi connectivity index (χ0n) is 8.33. The Balaban J connectivity index is 2.05. The van der Waals surface area contributed by atoms with Crippen molar-refractivity contribution in [3.05, 3.63) is 29.3 Å². The Morgan fingerprint density at radius 1 is 1.21 bits per heavy atom.